The predicted molar refractivity (Wildman–Crippen MR) is 50.7 cm³/mol. The summed E-state index contributed by atoms with van der Waals surface area (Å²) in [5.41, 5.74) is 2.67. The van der Waals surface area contributed by atoms with Gasteiger partial charge in [0.05, 0.1) is 13.2 Å². The molecule has 0 saturated carbocycles. The number of nitrogens with zero attached hydrogens (tertiary/aromatic N) is 3. The molecule has 4 heteroatoms. The summed E-state index contributed by atoms with van der Waals surface area (Å²) < 4.78 is 7.27. The van der Waals surface area contributed by atoms with Crippen molar-refractivity contribution < 1.29 is 4.74 Å². The van der Waals surface area contributed by atoms with E-state index in [1.807, 2.05) is 4.68 Å². The fourth-order valence-corrected chi connectivity index (χ4v) is 1.78. The fourth-order valence-electron chi connectivity index (χ4n) is 1.78. The van der Waals surface area contributed by atoms with E-state index >= 15 is 0 Å². The number of aromatic nitrogens is 2. The second-order valence-electron chi connectivity index (χ2n) is 3.73. The van der Waals surface area contributed by atoms with E-state index < -0.39 is 0 Å². The largest absolute Gasteiger partial charge is 0.376 e. The Labute approximate surface area is 83.1 Å². The molecule has 0 spiro atoms. The van der Waals surface area contributed by atoms with E-state index in [-0.39, 0.29) is 0 Å². The number of ether oxygens (including phenoxy) is 1. The minimum atomic E-state index is 0.309. The first-order chi connectivity index (χ1) is 6.74. The maximum absolute atomic E-state index is 8.91. The Morgan fingerprint density at radius 3 is 3.00 bits per heavy atom. The lowest BCUT2D eigenvalue weighted by atomic mass is 10.1. The van der Waals surface area contributed by atoms with Crippen molar-refractivity contribution in [3.05, 3.63) is 17.0 Å². The van der Waals surface area contributed by atoms with Gasteiger partial charge in [0.25, 0.3) is 0 Å². The zero-order valence-corrected chi connectivity index (χ0v) is 8.45. The minimum Gasteiger partial charge on any atom is -0.376 e. The van der Waals surface area contributed by atoms with Crippen LogP contribution in [-0.4, -0.2) is 16.4 Å². The number of nitriles is 1. The standard InChI is InChI=1S/C10H13N3O/c1-7(2)13-10-3-4-14-6-8(10)9(5-11)12-13/h7H,3-4,6H2,1-2H3. The van der Waals surface area contributed by atoms with Crippen molar-refractivity contribution in [2.45, 2.75) is 32.9 Å². The minimum absolute atomic E-state index is 0.309. The summed E-state index contributed by atoms with van der Waals surface area (Å²) in [7, 11) is 0. The van der Waals surface area contributed by atoms with Crippen molar-refractivity contribution in [1.29, 1.82) is 5.26 Å². The van der Waals surface area contributed by atoms with Gasteiger partial charge in [0.1, 0.15) is 6.07 Å². The van der Waals surface area contributed by atoms with Crippen LogP contribution in [0.15, 0.2) is 0 Å². The molecule has 0 N–H and O–H groups in total. The number of hydrogen-bond acceptors (Lipinski definition) is 3. The molecule has 2 rings (SSSR count). The first-order valence-corrected chi connectivity index (χ1v) is 4.82. The molecule has 74 valence electrons. The summed E-state index contributed by atoms with van der Waals surface area (Å²) in [4.78, 5) is 0. The van der Waals surface area contributed by atoms with Gasteiger partial charge in [-0.1, -0.05) is 0 Å². The van der Waals surface area contributed by atoms with Crippen LogP contribution in [0.3, 0.4) is 0 Å². The molecule has 4 nitrogen and oxygen atoms in total. The van der Waals surface area contributed by atoms with Crippen LogP contribution in [-0.2, 0) is 17.8 Å². The van der Waals surface area contributed by atoms with Crippen LogP contribution in [0.5, 0.6) is 0 Å². The van der Waals surface area contributed by atoms with Crippen LogP contribution in [0.4, 0.5) is 0 Å². The van der Waals surface area contributed by atoms with Crippen molar-refractivity contribution in [2.75, 3.05) is 6.61 Å². The Hall–Kier alpha value is -1.34. The van der Waals surface area contributed by atoms with E-state index in [1.165, 1.54) is 5.69 Å². The van der Waals surface area contributed by atoms with Gasteiger partial charge in [0, 0.05) is 23.7 Å². The molecule has 1 aromatic heterocycles. The molecule has 0 aromatic carbocycles. The number of rotatable bonds is 1. The Bertz CT molecular complexity index is 387. The Morgan fingerprint density at radius 2 is 2.36 bits per heavy atom. The molecule has 14 heavy (non-hydrogen) atoms. The zero-order chi connectivity index (χ0) is 10.1. The van der Waals surface area contributed by atoms with E-state index in [0.29, 0.717) is 18.3 Å². The summed E-state index contributed by atoms with van der Waals surface area (Å²) in [6.45, 7) is 5.41. The molecule has 0 fully saturated rings. The smallest absolute Gasteiger partial charge is 0.168 e. The monoisotopic (exact) mass is 191 g/mol. The van der Waals surface area contributed by atoms with Crippen molar-refractivity contribution in [3.8, 4) is 6.07 Å². The molecule has 2 heterocycles. The van der Waals surface area contributed by atoms with Gasteiger partial charge in [-0.15, -0.1) is 0 Å². The van der Waals surface area contributed by atoms with E-state index in [9.17, 15) is 0 Å². The van der Waals surface area contributed by atoms with E-state index in [0.717, 1.165) is 18.6 Å². The van der Waals surface area contributed by atoms with E-state index in [2.05, 4.69) is 25.0 Å². The third-order valence-electron chi connectivity index (χ3n) is 2.44. The van der Waals surface area contributed by atoms with Crippen LogP contribution in [0.25, 0.3) is 0 Å². The lowest BCUT2D eigenvalue weighted by Gasteiger charge is -2.16. The van der Waals surface area contributed by atoms with Crippen molar-refractivity contribution in [2.24, 2.45) is 0 Å². The topological polar surface area (TPSA) is 50.8 Å². The van der Waals surface area contributed by atoms with Gasteiger partial charge >= 0.3 is 0 Å². The van der Waals surface area contributed by atoms with Crippen molar-refractivity contribution in [3.63, 3.8) is 0 Å². The van der Waals surface area contributed by atoms with Gasteiger partial charge in [-0.25, -0.2) is 0 Å². The second-order valence-corrected chi connectivity index (χ2v) is 3.73. The molecule has 1 aliphatic heterocycles. The maximum atomic E-state index is 8.91. The average molecular weight is 191 g/mol. The van der Waals surface area contributed by atoms with Gasteiger partial charge in [0.2, 0.25) is 0 Å². The van der Waals surface area contributed by atoms with Crippen molar-refractivity contribution in [1.82, 2.24) is 9.78 Å². The highest BCUT2D eigenvalue weighted by Gasteiger charge is 2.21. The summed E-state index contributed by atoms with van der Waals surface area (Å²) in [6, 6.07) is 2.43. The van der Waals surface area contributed by atoms with Gasteiger partial charge in [0.15, 0.2) is 5.69 Å². The van der Waals surface area contributed by atoms with Gasteiger partial charge in [-0.05, 0) is 13.8 Å². The van der Waals surface area contributed by atoms with Gasteiger partial charge in [-0.3, -0.25) is 4.68 Å². The molecular weight excluding hydrogens is 178 g/mol. The van der Waals surface area contributed by atoms with Crippen LogP contribution >= 0.6 is 0 Å². The maximum Gasteiger partial charge on any atom is 0.168 e. The zero-order valence-electron chi connectivity index (χ0n) is 8.45. The average Bonchev–Trinajstić information content (AvgIpc) is 2.56. The van der Waals surface area contributed by atoms with Crippen LogP contribution in [0, 0.1) is 11.3 Å². The highest BCUT2D eigenvalue weighted by Crippen LogP contribution is 2.22. The quantitative estimate of drug-likeness (QED) is 0.674. The molecule has 1 aromatic rings. The van der Waals surface area contributed by atoms with E-state index in [4.69, 9.17) is 10.00 Å². The number of fused-ring (bicyclic) bond motifs is 1. The Kier molecular flexibility index (Phi) is 2.26. The molecule has 0 amide bonds. The Balaban J connectivity index is 2.53. The molecule has 0 saturated heterocycles. The first-order valence-electron chi connectivity index (χ1n) is 4.82. The first kappa shape index (κ1) is 9.22. The third-order valence-corrected chi connectivity index (χ3v) is 2.44. The Morgan fingerprint density at radius 1 is 1.57 bits per heavy atom. The molecule has 0 radical (unpaired) electrons. The highest BCUT2D eigenvalue weighted by molar-refractivity contribution is 5.36. The molecular formula is C10H13N3O. The van der Waals surface area contributed by atoms with Crippen LogP contribution in [0.2, 0.25) is 0 Å². The van der Waals surface area contributed by atoms with E-state index in [1.54, 1.807) is 0 Å². The fraction of sp³-hybridized carbons (Fsp3) is 0.600. The van der Waals surface area contributed by atoms with Crippen LogP contribution in [0.1, 0.15) is 36.8 Å². The van der Waals surface area contributed by atoms with Gasteiger partial charge < -0.3 is 4.74 Å². The highest BCUT2D eigenvalue weighted by atomic mass is 16.5. The molecule has 0 bridgehead atoms. The predicted octanol–water partition coefficient (Wildman–Crippen LogP) is 1.41. The molecule has 0 atom stereocenters. The number of hydrogen-bond donors (Lipinski definition) is 0. The summed E-state index contributed by atoms with van der Waals surface area (Å²) in [5.74, 6) is 0. The van der Waals surface area contributed by atoms with Gasteiger partial charge in [-0.2, -0.15) is 10.4 Å². The SMILES string of the molecule is CC(C)n1nc(C#N)c2c1CCOC2. The summed E-state index contributed by atoms with van der Waals surface area (Å²) in [6.07, 6.45) is 0.863. The molecule has 1 aliphatic rings. The lowest BCUT2D eigenvalue weighted by molar-refractivity contribution is 0.108. The lowest BCUT2D eigenvalue weighted by Crippen LogP contribution is -2.15. The third kappa shape index (κ3) is 1.30. The second kappa shape index (κ2) is 3.43. The summed E-state index contributed by atoms with van der Waals surface area (Å²) in [5, 5.41) is 13.2. The molecule has 0 unspecified atom stereocenters. The van der Waals surface area contributed by atoms with Crippen molar-refractivity contribution >= 4 is 0 Å². The van der Waals surface area contributed by atoms with Crippen LogP contribution < -0.4 is 0 Å². The molecule has 0 aliphatic carbocycles. The normalized spacial score (nSPS) is 15.3. The summed E-state index contributed by atoms with van der Waals surface area (Å²) >= 11 is 0.